The van der Waals surface area contributed by atoms with Crippen LogP contribution in [0.15, 0.2) is 18.2 Å². The minimum absolute atomic E-state index is 0.0219. The molecule has 0 unspecified atom stereocenters. The van der Waals surface area contributed by atoms with Gasteiger partial charge in [-0.15, -0.1) is 0 Å². The summed E-state index contributed by atoms with van der Waals surface area (Å²) < 4.78 is 5.12. The highest BCUT2D eigenvalue weighted by molar-refractivity contribution is 5.59. The fourth-order valence-electron chi connectivity index (χ4n) is 2.68. The molecule has 1 fully saturated rings. The number of piperazine rings is 1. The molecule has 7 nitrogen and oxygen atoms in total. The quantitative estimate of drug-likeness (QED) is 0.656. The van der Waals surface area contributed by atoms with Crippen LogP contribution in [0.5, 0.6) is 5.75 Å². The van der Waals surface area contributed by atoms with Crippen LogP contribution in [0.1, 0.15) is 13.8 Å². The lowest BCUT2D eigenvalue weighted by Gasteiger charge is -2.43. The van der Waals surface area contributed by atoms with E-state index in [1.54, 1.807) is 12.1 Å². The topological polar surface area (TPSA) is 79.1 Å². The molecule has 1 saturated heterocycles. The third-order valence-electron chi connectivity index (χ3n) is 4.25. The maximum atomic E-state index is 10.9. The molecular weight excluding hydrogens is 286 g/mol. The molecule has 1 heterocycles. The van der Waals surface area contributed by atoms with Crippen molar-refractivity contribution in [3.05, 3.63) is 28.3 Å². The molecule has 0 atom stereocenters. The molecule has 1 N–H and O–H groups in total. The second-order valence-electron chi connectivity index (χ2n) is 6.06. The number of nitro benzene ring substituents is 1. The molecule has 7 heteroatoms. The SMILES string of the molecule is COc1cc(N2CCN(C(C)(C)CO)CC2)ccc1[N+](=O)[O-]. The number of rotatable bonds is 5. The number of aliphatic hydroxyl groups is 1. The first-order chi connectivity index (χ1) is 10.4. The zero-order valence-corrected chi connectivity index (χ0v) is 13.3. The lowest BCUT2D eigenvalue weighted by atomic mass is 10.0. The van der Waals surface area contributed by atoms with Gasteiger partial charge in [0.15, 0.2) is 5.75 Å². The predicted molar refractivity (Wildman–Crippen MR) is 84.6 cm³/mol. The summed E-state index contributed by atoms with van der Waals surface area (Å²) in [7, 11) is 1.44. The van der Waals surface area contributed by atoms with Gasteiger partial charge < -0.3 is 14.7 Å². The maximum Gasteiger partial charge on any atom is 0.311 e. The van der Waals surface area contributed by atoms with E-state index in [4.69, 9.17) is 4.74 Å². The third-order valence-corrected chi connectivity index (χ3v) is 4.25. The number of anilines is 1. The van der Waals surface area contributed by atoms with Gasteiger partial charge in [0, 0.05) is 49.5 Å². The number of nitrogens with zero attached hydrogens (tertiary/aromatic N) is 3. The lowest BCUT2D eigenvalue weighted by molar-refractivity contribution is -0.385. The van der Waals surface area contributed by atoms with Gasteiger partial charge in [0.2, 0.25) is 0 Å². The average molecular weight is 309 g/mol. The Morgan fingerprint density at radius 2 is 1.95 bits per heavy atom. The van der Waals surface area contributed by atoms with E-state index < -0.39 is 4.92 Å². The summed E-state index contributed by atoms with van der Waals surface area (Å²) in [4.78, 5) is 14.9. The van der Waals surface area contributed by atoms with Crippen LogP contribution in [0, 0.1) is 10.1 Å². The van der Waals surface area contributed by atoms with Gasteiger partial charge >= 0.3 is 5.69 Å². The van der Waals surface area contributed by atoms with E-state index in [0.717, 1.165) is 31.9 Å². The van der Waals surface area contributed by atoms with E-state index in [2.05, 4.69) is 9.80 Å². The molecule has 1 aliphatic heterocycles. The number of hydrogen-bond donors (Lipinski definition) is 1. The van der Waals surface area contributed by atoms with Crippen molar-refractivity contribution in [2.45, 2.75) is 19.4 Å². The Morgan fingerprint density at radius 3 is 2.45 bits per heavy atom. The number of benzene rings is 1. The lowest BCUT2D eigenvalue weighted by Crippen LogP contribution is -2.56. The fraction of sp³-hybridized carbons (Fsp3) is 0.600. The maximum absolute atomic E-state index is 10.9. The predicted octanol–water partition coefficient (Wildman–Crippen LogP) is 1.50. The molecule has 1 aromatic rings. The van der Waals surface area contributed by atoms with E-state index in [1.807, 2.05) is 13.8 Å². The van der Waals surface area contributed by atoms with Gasteiger partial charge in [0.25, 0.3) is 0 Å². The largest absolute Gasteiger partial charge is 0.490 e. The summed E-state index contributed by atoms with van der Waals surface area (Å²) in [6.07, 6.45) is 0. The van der Waals surface area contributed by atoms with Gasteiger partial charge in [-0.1, -0.05) is 0 Å². The number of nitro groups is 1. The zero-order valence-electron chi connectivity index (χ0n) is 13.3. The highest BCUT2D eigenvalue weighted by Crippen LogP contribution is 2.32. The third kappa shape index (κ3) is 3.31. The zero-order chi connectivity index (χ0) is 16.3. The Morgan fingerprint density at radius 1 is 1.32 bits per heavy atom. The first-order valence-electron chi connectivity index (χ1n) is 7.32. The smallest absolute Gasteiger partial charge is 0.311 e. The Hall–Kier alpha value is -1.86. The summed E-state index contributed by atoms with van der Waals surface area (Å²) in [5.74, 6) is 0.278. The fourth-order valence-corrected chi connectivity index (χ4v) is 2.68. The van der Waals surface area contributed by atoms with Crippen molar-refractivity contribution in [3.8, 4) is 5.75 Å². The molecule has 0 radical (unpaired) electrons. The van der Waals surface area contributed by atoms with E-state index in [1.165, 1.54) is 13.2 Å². The summed E-state index contributed by atoms with van der Waals surface area (Å²) >= 11 is 0. The van der Waals surface area contributed by atoms with Gasteiger partial charge in [-0.3, -0.25) is 15.0 Å². The normalized spacial score (nSPS) is 16.6. The van der Waals surface area contributed by atoms with E-state index in [9.17, 15) is 15.2 Å². The summed E-state index contributed by atoms with van der Waals surface area (Å²) in [6, 6.07) is 4.96. The van der Waals surface area contributed by atoms with Gasteiger partial charge in [0.1, 0.15) is 0 Å². The molecule has 0 saturated carbocycles. The Labute approximate surface area is 130 Å². The van der Waals surface area contributed by atoms with Gasteiger partial charge in [-0.2, -0.15) is 0 Å². The van der Waals surface area contributed by atoms with E-state index in [-0.39, 0.29) is 23.6 Å². The molecule has 22 heavy (non-hydrogen) atoms. The Kier molecular flexibility index (Phi) is 4.87. The second kappa shape index (κ2) is 6.50. The first-order valence-corrected chi connectivity index (χ1v) is 7.32. The molecule has 1 aromatic carbocycles. The summed E-state index contributed by atoms with van der Waals surface area (Å²) in [6.45, 7) is 7.47. The van der Waals surface area contributed by atoms with Gasteiger partial charge in [-0.25, -0.2) is 0 Å². The Balaban J connectivity index is 2.10. The van der Waals surface area contributed by atoms with Crippen LogP contribution in [-0.4, -0.2) is 60.4 Å². The average Bonchev–Trinajstić information content (AvgIpc) is 2.54. The summed E-state index contributed by atoms with van der Waals surface area (Å²) in [5, 5.41) is 20.4. The van der Waals surface area contributed by atoms with Gasteiger partial charge in [-0.05, 0) is 19.9 Å². The van der Waals surface area contributed by atoms with Crippen molar-refractivity contribution in [2.24, 2.45) is 0 Å². The number of methoxy groups -OCH3 is 1. The Bertz CT molecular complexity index is 540. The van der Waals surface area contributed by atoms with Gasteiger partial charge in [0.05, 0.1) is 18.6 Å². The molecule has 0 amide bonds. The summed E-state index contributed by atoms with van der Waals surface area (Å²) in [5.41, 5.74) is 0.675. The van der Waals surface area contributed by atoms with E-state index >= 15 is 0 Å². The minimum atomic E-state index is -0.440. The number of hydrogen-bond acceptors (Lipinski definition) is 6. The molecule has 0 aromatic heterocycles. The van der Waals surface area contributed by atoms with Crippen molar-refractivity contribution in [1.82, 2.24) is 4.90 Å². The van der Waals surface area contributed by atoms with Crippen LogP contribution in [0.25, 0.3) is 0 Å². The van der Waals surface area contributed by atoms with Crippen molar-refractivity contribution in [3.63, 3.8) is 0 Å². The highest BCUT2D eigenvalue weighted by atomic mass is 16.6. The first kappa shape index (κ1) is 16.5. The highest BCUT2D eigenvalue weighted by Gasteiger charge is 2.29. The number of ether oxygens (including phenoxy) is 1. The molecule has 0 aliphatic carbocycles. The van der Waals surface area contributed by atoms with Crippen LogP contribution >= 0.6 is 0 Å². The monoisotopic (exact) mass is 309 g/mol. The van der Waals surface area contributed by atoms with E-state index in [0.29, 0.717) is 0 Å². The molecule has 1 aliphatic rings. The van der Waals surface area contributed by atoms with Crippen molar-refractivity contribution < 1.29 is 14.8 Å². The molecule has 122 valence electrons. The molecular formula is C15H23N3O4. The standard InChI is InChI=1S/C15H23N3O4/c1-15(2,11-19)17-8-6-16(7-9-17)12-4-5-13(18(20)21)14(10-12)22-3/h4-5,10,19H,6-9,11H2,1-3H3. The molecule has 0 spiro atoms. The molecule has 2 rings (SSSR count). The van der Waals surface area contributed by atoms with Crippen molar-refractivity contribution in [1.29, 1.82) is 0 Å². The minimum Gasteiger partial charge on any atom is -0.490 e. The van der Waals surface area contributed by atoms with Crippen LogP contribution in [0.4, 0.5) is 11.4 Å². The van der Waals surface area contributed by atoms with Crippen molar-refractivity contribution in [2.75, 3.05) is 44.8 Å². The van der Waals surface area contributed by atoms with Crippen molar-refractivity contribution >= 4 is 11.4 Å². The molecule has 0 bridgehead atoms. The van der Waals surface area contributed by atoms with Crippen LogP contribution in [0.2, 0.25) is 0 Å². The van der Waals surface area contributed by atoms with Crippen LogP contribution in [0.3, 0.4) is 0 Å². The van der Waals surface area contributed by atoms with Crippen LogP contribution < -0.4 is 9.64 Å². The number of aliphatic hydroxyl groups excluding tert-OH is 1. The van der Waals surface area contributed by atoms with Crippen LogP contribution in [-0.2, 0) is 0 Å². The second-order valence-corrected chi connectivity index (χ2v) is 6.06.